The van der Waals surface area contributed by atoms with Crippen molar-refractivity contribution in [1.29, 1.82) is 0 Å². The lowest BCUT2D eigenvalue weighted by Crippen LogP contribution is -2.37. The van der Waals surface area contributed by atoms with E-state index in [1.54, 1.807) is 38.5 Å². The van der Waals surface area contributed by atoms with Crippen LogP contribution in [0.4, 0.5) is 0 Å². The molecule has 1 N–H and O–H groups in total. The highest BCUT2D eigenvalue weighted by Crippen LogP contribution is 2.41. The van der Waals surface area contributed by atoms with E-state index in [0.29, 0.717) is 30.4 Å². The van der Waals surface area contributed by atoms with Crippen LogP contribution in [-0.4, -0.2) is 73.3 Å². The normalized spacial score (nSPS) is 18.7. The Morgan fingerprint density at radius 2 is 1.64 bits per heavy atom. The van der Waals surface area contributed by atoms with Gasteiger partial charge in [0.25, 0.3) is 0 Å². The number of ether oxygens (including phenoxy) is 4. The number of carbonyl (C=O) groups is 1. The monoisotopic (exact) mass is 478 g/mol. The van der Waals surface area contributed by atoms with E-state index >= 15 is 0 Å². The molecule has 180 valence electrons. The largest absolute Gasteiger partial charge is 0.497 e. The maximum absolute atomic E-state index is 13.4. The first kappa shape index (κ1) is 24.8. The van der Waals surface area contributed by atoms with E-state index in [1.165, 1.54) is 30.7 Å². The molecule has 1 heterocycles. The summed E-state index contributed by atoms with van der Waals surface area (Å²) in [6, 6.07) is 11.5. The summed E-state index contributed by atoms with van der Waals surface area (Å²) in [4.78, 5) is 13.2. The van der Waals surface area contributed by atoms with E-state index in [1.807, 2.05) is 6.07 Å². The first-order chi connectivity index (χ1) is 15.8. The van der Waals surface area contributed by atoms with Crippen LogP contribution in [0.15, 0.2) is 47.4 Å². The molecule has 1 saturated heterocycles. The van der Waals surface area contributed by atoms with Gasteiger partial charge in [-0.3, -0.25) is 4.79 Å². The SMILES string of the molecule is COCCNC(=O)[C@H]1CN(S(=O)(=O)c2ccc(OC)cc2)C[C@@H]1c1ccc(OC)cc1OC. The molecule has 0 saturated carbocycles. The van der Waals surface area contributed by atoms with Gasteiger partial charge in [-0.05, 0) is 35.9 Å². The summed E-state index contributed by atoms with van der Waals surface area (Å²) in [5.74, 6) is 0.475. The van der Waals surface area contributed by atoms with Crippen molar-refractivity contribution in [2.75, 3.05) is 54.7 Å². The number of carbonyl (C=O) groups excluding carboxylic acids is 1. The quantitative estimate of drug-likeness (QED) is 0.520. The molecule has 0 aliphatic carbocycles. The van der Waals surface area contributed by atoms with Gasteiger partial charge < -0.3 is 24.3 Å². The number of nitrogens with one attached hydrogen (secondary N) is 1. The van der Waals surface area contributed by atoms with Gasteiger partial charge in [0.15, 0.2) is 0 Å². The standard InChI is InChI=1S/C23H30N2O7S/c1-29-12-11-24-23(26)21-15-25(33(27,28)18-8-5-16(30-2)6-9-18)14-20(21)19-10-7-17(31-3)13-22(19)32-4/h5-10,13,20-21H,11-12,14-15H2,1-4H3,(H,24,26)/t20-,21+/m1/s1. The van der Waals surface area contributed by atoms with Crippen LogP contribution in [0.3, 0.4) is 0 Å². The second kappa shape index (κ2) is 10.9. The van der Waals surface area contributed by atoms with Crippen molar-refractivity contribution in [3.63, 3.8) is 0 Å². The van der Waals surface area contributed by atoms with Crippen LogP contribution >= 0.6 is 0 Å². The molecule has 33 heavy (non-hydrogen) atoms. The van der Waals surface area contributed by atoms with Gasteiger partial charge in [-0.25, -0.2) is 8.42 Å². The van der Waals surface area contributed by atoms with Crippen molar-refractivity contribution in [2.24, 2.45) is 5.92 Å². The van der Waals surface area contributed by atoms with Gasteiger partial charge in [0.05, 0.1) is 38.7 Å². The molecule has 0 unspecified atom stereocenters. The van der Waals surface area contributed by atoms with Crippen LogP contribution in [-0.2, 0) is 19.6 Å². The molecule has 1 aliphatic rings. The molecule has 0 radical (unpaired) electrons. The molecule has 2 aromatic carbocycles. The fourth-order valence-electron chi connectivity index (χ4n) is 3.97. The second-order valence-corrected chi connectivity index (χ2v) is 9.54. The summed E-state index contributed by atoms with van der Waals surface area (Å²) in [5, 5.41) is 2.84. The average Bonchev–Trinajstić information content (AvgIpc) is 3.30. The molecule has 0 spiro atoms. The van der Waals surface area contributed by atoms with Gasteiger partial charge in [-0.1, -0.05) is 6.07 Å². The van der Waals surface area contributed by atoms with Gasteiger partial charge in [0.2, 0.25) is 15.9 Å². The van der Waals surface area contributed by atoms with Crippen LogP contribution in [0.5, 0.6) is 17.2 Å². The van der Waals surface area contributed by atoms with Crippen molar-refractivity contribution < 1.29 is 32.2 Å². The van der Waals surface area contributed by atoms with Crippen LogP contribution in [0.25, 0.3) is 0 Å². The molecule has 1 fully saturated rings. The van der Waals surface area contributed by atoms with Gasteiger partial charge >= 0.3 is 0 Å². The zero-order chi connectivity index (χ0) is 24.0. The van der Waals surface area contributed by atoms with E-state index in [-0.39, 0.29) is 23.9 Å². The van der Waals surface area contributed by atoms with Gasteiger partial charge in [-0.2, -0.15) is 4.31 Å². The summed E-state index contributed by atoms with van der Waals surface area (Å²) >= 11 is 0. The van der Waals surface area contributed by atoms with Gasteiger partial charge in [0, 0.05) is 38.7 Å². The van der Waals surface area contributed by atoms with Gasteiger partial charge in [-0.15, -0.1) is 0 Å². The van der Waals surface area contributed by atoms with Crippen molar-refractivity contribution in [3.05, 3.63) is 48.0 Å². The topological polar surface area (TPSA) is 103 Å². The highest BCUT2D eigenvalue weighted by molar-refractivity contribution is 7.89. The molecule has 9 nitrogen and oxygen atoms in total. The zero-order valence-electron chi connectivity index (χ0n) is 19.2. The molecular formula is C23H30N2O7S. The Bertz CT molecular complexity index is 1060. The number of methoxy groups -OCH3 is 4. The third-order valence-corrected chi connectivity index (χ3v) is 7.61. The number of nitrogens with zero attached hydrogens (tertiary/aromatic N) is 1. The summed E-state index contributed by atoms with van der Waals surface area (Å²) in [6.45, 7) is 0.888. The lowest BCUT2D eigenvalue weighted by Gasteiger charge is -2.21. The van der Waals surface area contributed by atoms with E-state index < -0.39 is 21.9 Å². The molecule has 2 aromatic rings. The maximum atomic E-state index is 13.4. The molecule has 1 aliphatic heterocycles. The predicted molar refractivity (Wildman–Crippen MR) is 122 cm³/mol. The predicted octanol–water partition coefficient (Wildman–Crippen LogP) is 1.88. The number of hydrogen-bond donors (Lipinski definition) is 1. The Balaban J connectivity index is 1.95. The van der Waals surface area contributed by atoms with Crippen molar-refractivity contribution in [1.82, 2.24) is 9.62 Å². The zero-order valence-corrected chi connectivity index (χ0v) is 20.1. The molecule has 10 heteroatoms. The Kier molecular flexibility index (Phi) is 8.17. The molecule has 0 aromatic heterocycles. The van der Waals surface area contributed by atoms with Crippen molar-refractivity contribution in [3.8, 4) is 17.2 Å². The van der Waals surface area contributed by atoms with E-state index in [4.69, 9.17) is 18.9 Å². The highest BCUT2D eigenvalue weighted by atomic mass is 32.2. The number of amides is 1. The van der Waals surface area contributed by atoms with Crippen LogP contribution in [0.1, 0.15) is 11.5 Å². The Labute approximate surface area is 194 Å². The lowest BCUT2D eigenvalue weighted by molar-refractivity contribution is -0.125. The Morgan fingerprint density at radius 1 is 0.970 bits per heavy atom. The fourth-order valence-corrected chi connectivity index (χ4v) is 5.47. The minimum Gasteiger partial charge on any atom is -0.497 e. The first-order valence-electron chi connectivity index (χ1n) is 10.5. The molecule has 2 atom stereocenters. The van der Waals surface area contributed by atoms with Gasteiger partial charge in [0.1, 0.15) is 17.2 Å². The first-order valence-corrected chi connectivity index (χ1v) is 11.9. The summed E-state index contributed by atoms with van der Waals surface area (Å²) in [6.07, 6.45) is 0. The Morgan fingerprint density at radius 3 is 2.24 bits per heavy atom. The van der Waals surface area contributed by atoms with Crippen molar-refractivity contribution in [2.45, 2.75) is 10.8 Å². The number of benzene rings is 2. The molecule has 1 amide bonds. The molecular weight excluding hydrogens is 448 g/mol. The van der Waals surface area contributed by atoms with E-state index in [9.17, 15) is 13.2 Å². The van der Waals surface area contributed by atoms with Crippen molar-refractivity contribution >= 4 is 15.9 Å². The molecule has 3 rings (SSSR count). The van der Waals surface area contributed by atoms with E-state index in [2.05, 4.69) is 5.32 Å². The van der Waals surface area contributed by atoms with Crippen LogP contribution in [0.2, 0.25) is 0 Å². The highest BCUT2D eigenvalue weighted by Gasteiger charge is 2.44. The smallest absolute Gasteiger partial charge is 0.243 e. The number of sulfonamides is 1. The number of hydrogen-bond acceptors (Lipinski definition) is 7. The number of rotatable bonds is 10. The minimum atomic E-state index is -3.82. The third kappa shape index (κ3) is 5.40. The second-order valence-electron chi connectivity index (χ2n) is 7.60. The summed E-state index contributed by atoms with van der Waals surface area (Å²) in [7, 11) is 2.34. The minimum absolute atomic E-state index is 0.0486. The molecule has 0 bridgehead atoms. The summed E-state index contributed by atoms with van der Waals surface area (Å²) < 4.78 is 49.1. The van der Waals surface area contributed by atoms with Crippen LogP contribution in [0, 0.1) is 5.92 Å². The Hall–Kier alpha value is -2.82. The fraction of sp³-hybridized carbons (Fsp3) is 0.435. The third-order valence-electron chi connectivity index (χ3n) is 5.77. The summed E-state index contributed by atoms with van der Waals surface area (Å²) in [5.41, 5.74) is 0.748. The maximum Gasteiger partial charge on any atom is 0.243 e. The van der Waals surface area contributed by atoms with E-state index in [0.717, 1.165) is 5.56 Å². The average molecular weight is 479 g/mol. The van der Waals surface area contributed by atoms with Crippen LogP contribution < -0.4 is 19.5 Å². The lowest BCUT2D eigenvalue weighted by atomic mass is 9.87.